The Labute approximate surface area is 359 Å². The lowest BCUT2D eigenvalue weighted by atomic mass is 9.30. The number of para-hydroxylation sites is 4. The molecule has 0 fully saturated rings. The van der Waals surface area contributed by atoms with Crippen molar-refractivity contribution in [2.24, 2.45) is 0 Å². The molecule has 4 heteroatoms. The molecule has 0 radical (unpaired) electrons. The quantitative estimate of drug-likeness (QED) is 0.156. The fourth-order valence-corrected chi connectivity index (χ4v) is 11.4. The average molecular weight is 784 g/mol. The summed E-state index contributed by atoms with van der Waals surface area (Å²) < 4.78 is 2.69. The van der Waals surface area contributed by atoms with Gasteiger partial charge in [-0.05, 0) is 118 Å². The summed E-state index contributed by atoms with van der Waals surface area (Å²) in [5, 5.41) is 1.33. The van der Waals surface area contributed by atoms with Gasteiger partial charge in [0.15, 0.2) is 0 Å². The molecule has 12 rings (SSSR count). The van der Waals surface area contributed by atoms with Crippen LogP contribution in [0.4, 0.5) is 34.1 Å². The van der Waals surface area contributed by atoms with E-state index in [0.29, 0.717) is 0 Å². The summed E-state index contributed by atoms with van der Waals surface area (Å²) in [7, 11) is 0. The van der Waals surface area contributed by atoms with Gasteiger partial charge in [-0.1, -0.05) is 148 Å². The van der Waals surface area contributed by atoms with Crippen LogP contribution in [0.25, 0.3) is 27.8 Å². The largest absolute Gasteiger partial charge is 0.310 e. The minimum Gasteiger partial charge on any atom is -0.310 e. The highest BCUT2D eigenvalue weighted by atomic mass is 15.2. The molecule has 0 atom stereocenters. The standard InChI is InChI=1S/C57H46BN3/c1-37-34-46-53-50(35-37)61-54-43-28-18-19-29-44(43)57(4,5)52(54)51-49(60(40-24-14-8-15-25-40)41-26-16-9-17-27-41)33-32-48(55(51)61)58(53)47-31-30-42(36-45(47)56(46,2)3)59(38-20-10-6-11-21-38)39-22-12-7-13-23-39/h6-36H,1-5H3. The fourth-order valence-electron chi connectivity index (χ4n) is 11.4. The van der Waals surface area contributed by atoms with E-state index in [1.54, 1.807) is 0 Å². The summed E-state index contributed by atoms with van der Waals surface area (Å²) in [5.74, 6) is 0. The van der Waals surface area contributed by atoms with E-state index in [9.17, 15) is 0 Å². The lowest BCUT2D eigenvalue weighted by molar-refractivity contribution is 0.644. The summed E-state index contributed by atoms with van der Waals surface area (Å²) >= 11 is 0. The Kier molecular flexibility index (Phi) is 7.63. The fraction of sp³-hybridized carbons (Fsp3) is 0.123. The molecule has 0 saturated carbocycles. The number of hydrogen-bond acceptors (Lipinski definition) is 2. The second-order valence-electron chi connectivity index (χ2n) is 18.2. The molecular formula is C57H46BN3. The van der Waals surface area contributed by atoms with E-state index in [0.717, 1.165) is 22.7 Å². The number of hydrogen-bond donors (Lipinski definition) is 0. The van der Waals surface area contributed by atoms with Crippen LogP contribution in [0.5, 0.6) is 0 Å². The molecule has 292 valence electrons. The van der Waals surface area contributed by atoms with Crippen LogP contribution in [0.15, 0.2) is 188 Å². The Balaban J connectivity index is 1.19. The van der Waals surface area contributed by atoms with Crippen LogP contribution in [-0.2, 0) is 10.8 Å². The Morgan fingerprint density at radius 2 is 1.00 bits per heavy atom. The summed E-state index contributed by atoms with van der Waals surface area (Å²) in [6.45, 7) is 12.1. The minimum absolute atomic E-state index is 0.0592. The highest BCUT2D eigenvalue weighted by Crippen LogP contribution is 2.57. The van der Waals surface area contributed by atoms with Crippen molar-refractivity contribution in [1.29, 1.82) is 0 Å². The van der Waals surface area contributed by atoms with Gasteiger partial charge in [0.25, 0.3) is 0 Å². The maximum absolute atomic E-state index is 2.69. The first-order valence-electron chi connectivity index (χ1n) is 21.7. The molecule has 2 aliphatic heterocycles. The van der Waals surface area contributed by atoms with Crippen LogP contribution in [0.3, 0.4) is 0 Å². The molecule has 9 aromatic rings. The SMILES string of the molecule is Cc1cc2c3c(c1)C(C)(C)c1cc(N(c4ccccc4)c4ccccc4)ccc1B3c1ccc(N(c3ccccc3)c3ccccc3)c3c4c(n-2c13)-c1ccccc1C4(C)C. The number of fused-ring (bicyclic) bond motifs is 9. The molecule has 3 heterocycles. The van der Waals surface area contributed by atoms with E-state index in [1.807, 2.05) is 0 Å². The molecule has 0 spiro atoms. The van der Waals surface area contributed by atoms with E-state index in [-0.39, 0.29) is 17.5 Å². The van der Waals surface area contributed by atoms with E-state index in [2.05, 4.69) is 237 Å². The maximum atomic E-state index is 2.69. The second kappa shape index (κ2) is 13.0. The maximum Gasteiger partial charge on any atom is 0.247 e. The van der Waals surface area contributed by atoms with Gasteiger partial charge < -0.3 is 14.4 Å². The van der Waals surface area contributed by atoms with Gasteiger partial charge in [-0.2, -0.15) is 0 Å². The molecule has 1 aliphatic carbocycles. The van der Waals surface area contributed by atoms with Crippen LogP contribution in [0.2, 0.25) is 0 Å². The van der Waals surface area contributed by atoms with Crippen LogP contribution >= 0.6 is 0 Å². The van der Waals surface area contributed by atoms with Gasteiger partial charge in [0.1, 0.15) is 0 Å². The summed E-state index contributed by atoms with van der Waals surface area (Å²) in [6.07, 6.45) is 0. The third kappa shape index (κ3) is 4.99. The zero-order valence-corrected chi connectivity index (χ0v) is 35.3. The van der Waals surface area contributed by atoms with Gasteiger partial charge in [-0.25, -0.2) is 0 Å². The summed E-state index contributed by atoms with van der Waals surface area (Å²) in [5.41, 5.74) is 22.8. The second-order valence-corrected chi connectivity index (χ2v) is 18.2. The molecule has 0 bridgehead atoms. The Bertz CT molecular complexity index is 3120. The number of nitrogens with zero attached hydrogens (tertiary/aromatic N) is 3. The summed E-state index contributed by atoms with van der Waals surface area (Å²) in [4.78, 5) is 4.88. The van der Waals surface area contributed by atoms with Crippen LogP contribution < -0.4 is 26.2 Å². The first kappa shape index (κ1) is 35.9. The monoisotopic (exact) mass is 783 g/mol. The van der Waals surface area contributed by atoms with Gasteiger partial charge in [0, 0.05) is 55.9 Å². The Morgan fingerprint density at radius 3 is 1.61 bits per heavy atom. The first-order chi connectivity index (χ1) is 29.7. The van der Waals surface area contributed by atoms with E-state index >= 15 is 0 Å². The Morgan fingerprint density at radius 1 is 0.459 bits per heavy atom. The predicted octanol–water partition coefficient (Wildman–Crippen LogP) is 12.7. The smallest absolute Gasteiger partial charge is 0.247 e. The highest BCUT2D eigenvalue weighted by Gasteiger charge is 2.49. The molecule has 0 amide bonds. The van der Waals surface area contributed by atoms with Crippen molar-refractivity contribution in [3.63, 3.8) is 0 Å². The van der Waals surface area contributed by atoms with Gasteiger partial charge in [-0.3, -0.25) is 0 Å². The van der Waals surface area contributed by atoms with Crippen molar-refractivity contribution >= 4 is 68.1 Å². The summed E-state index contributed by atoms with van der Waals surface area (Å²) in [6, 6.07) is 69.7. The minimum atomic E-state index is -0.265. The van der Waals surface area contributed by atoms with Crippen LogP contribution in [0.1, 0.15) is 55.5 Å². The van der Waals surface area contributed by atoms with Gasteiger partial charge in [0.2, 0.25) is 6.71 Å². The molecule has 8 aromatic carbocycles. The molecule has 3 aliphatic rings. The van der Waals surface area contributed by atoms with Crippen molar-refractivity contribution in [1.82, 2.24) is 4.57 Å². The normalized spacial score (nSPS) is 14.5. The molecule has 0 saturated heterocycles. The van der Waals surface area contributed by atoms with Crippen LogP contribution in [-0.4, -0.2) is 11.3 Å². The third-order valence-corrected chi connectivity index (χ3v) is 14.0. The molecule has 0 N–H and O–H groups in total. The van der Waals surface area contributed by atoms with Crippen molar-refractivity contribution in [3.8, 4) is 16.9 Å². The van der Waals surface area contributed by atoms with Crippen LogP contribution in [0, 0.1) is 6.92 Å². The lowest BCUT2D eigenvalue weighted by Crippen LogP contribution is -2.63. The van der Waals surface area contributed by atoms with Gasteiger partial charge >= 0.3 is 0 Å². The Hall–Kier alpha value is -7.04. The van der Waals surface area contributed by atoms with E-state index in [1.165, 1.54) is 83.4 Å². The van der Waals surface area contributed by atoms with Crippen molar-refractivity contribution in [2.45, 2.75) is 45.4 Å². The lowest BCUT2D eigenvalue weighted by Gasteiger charge is -2.43. The number of aromatic nitrogens is 1. The average Bonchev–Trinajstić information content (AvgIpc) is 3.77. The van der Waals surface area contributed by atoms with Crippen molar-refractivity contribution in [3.05, 3.63) is 216 Å². The van der Waals surface area contributed by atoms with E-state index in [4.69, 9.17) is 0 Å². The third-order valence-electron chi connectivity index (χ3n) is 14.0. The van der Waals surface area contributed by atoms with Crippen molar-refractivity contribution in [2.75, 3.05) is 9.80 Å². The number of anilines is 6. The molecule has 3 nitrogen and oxygen atoms in total. The first-order valence-corrected chi connectivity index (χ1v) is 21.7. The van der Waals surface area contributed by atoms with Gasteiger partial charge in [-0.15, -0.1) is 0 Å². The topological polar surface area (TPSA) is 11.4 Å². The number of benzene rings is 8. The number of aryl methyl sites for hydroxylation is 1. The predicted molar refractivity (Wildman–Crippen MR) is 258 cm³/mol. The molecule has 0 unspecified atom stereocenters. The highest BCUT2D eigenvalue weighted by molar-refractivity contribution is 6.99. The zero-order chi connectivity index (χ0) is 41.2. The number of rotatable bonds is 6. The zero-order valence-electron chi connectivity index (χ0n) is 35.3. The molecular weight excluding hydrogens is 737 g/mol. The molecule has 61 heavy (non-hydrogen) atoms. The molecule has 1 aromatic heterocycles. The van der Waals surface area contributed by atoms with Crippen molar-refractivity contribution < 1.29 is 0 Å². The van der Waals surface area contributed by atoms with E-state index < -0.39 is 0 Å². The van der Waals surface area contributed by atoms with Gasteiger partial charge in [0.05, 0.1) is 16.9 Å².